The molecule has 1 aliphatic carbocycles. The quantitative estimate of drug-likeness (QED) is 0.773. The maximum Gasteiger partial charge on any atom is 0.137 e. The Morgan fingerprint density at radius 3 is 2.88 bits per heavy atom. The minimum atomic E-state index is 0.492. The average molecular weight is 246 g/mol. The van der Waals surface area contributed by atoms with Crippen LogP contribution in [0.4, 0.5) is 0 Å². The summed E-state index contributed by atoms with van der Waals surface area (Å²) in [6.07, 6.45) is 2.77. The van der Waals surface area contributed by atoms with E-state index in [-0.39, 0.29) is 0 Å². The zero-order valence-corrected chi connectivity index (χ0v) is 10.0. The highest BCUT2D eigenvalue weighted by molar-refractivity contribution is 6.29. The molecule has 0 bridgehead atoms. The number of nitrogens with zero attached hydrogens (tertiary/aromatic N) is 1. The van der Waals surface area contributed by atoms with Gasteiger partial charge in [-0.2, -0.15) is 0 Å². The number of pyridine rings is 1. The molecule has 0 radical (unpaired) electrons. The molecule has 0 N–H and O–H groups in total. The van der Waals surface area contributed by atoms with Crippen LogP contribution < -0.4 is 4.74 Å². The van der Waals surface area contributed by atoms with Crippen molar-refractivity contribution in [3.63, 3.8) is 0 Å². The van der Waals surface area contributed by atoms with E-state index in [0.717, 1.165) is 12.2 Å². The fraction of sp³-hybridized carbons (Fsp3) is 0.214. The van der Waals surface area contributed by atoms with Crippen molar-refractivity contribution >= 4 is 11.6 Å². The molecule has 86 valence electrons. The number of benzene rings is 1. The first-order chi connectivity index (χ1) is 8.33. The lowest BCUT2D eigenvalue weighted by Crippen LogP contribution is -2.23. The van der Waals surface area contributed by atoms with Gasteiger partial charge >= 0.3 is 0 Å². The van der Waals surface area contributed by atoms with Gasteiger partial charge in [-0.3, -0.25) is 0 Å². The van der Waals surface area contributed by atoms with Gasteiger partial charge in [-0.15, -0.1) is 0 Å². The number of aromatic nitrogens is 1. The summed E-state index contributed by atoms with van der Waals surface area (Å²) in [5.41, 5.74) is 2.85. The lowest BCUT2D eigenvalue weighted by Gasteiger charge is -2.29. The molecule has 1 atom stereocenters. The number of halogens is 1. The van der Waals surface area contributed by atoms with Crippen molar-refractivity contribution in [3.8, 4) is 5.75 Å². The van der Waals surface area contributed by atoms with E-state index in [9.17, 15) is 0 Å². The zero-order valence-electron chi connectivity index (χ0n) is 9.27. The van der Waals surface area contributed by atoms with Gasteiger partial charge in [-0.25, -0.2) is 4.98 Å². The summed E-state index contributed by atoms with van der Waals surface area (Å²) in [5, 5.41) is 0.492. The van der Waals surface area contributed by atoms with Gasteiger partial charge in [0, 0.05) is 5.92 Å². The Balaban J connectivity index is 1.62. The molecule has 1 aromatic heterocycles. The van der Waals surface area contributed by atoms with E-state index >= 15 is 0 Å². The molecule has 0 fully saturated rings. The summed E-state index contributed by atoms with van der Waals surface area (Å²) in [4.78, 5) is 3.99. The Hall–Kier alpha value is -1.54. The number of hydrogen-bond donors (Lipinski definition) is 0. The summed E-state index contributed by atoms with van der Waals surface area (Å²) >= 11 is 5.71. The molecule has 0 saturated carbocycles. The van der Waals surface area contributed by atoms with E-state index < -0.39 is 0 Å². The third-order valence-electron chi connectivity index (χ3n) is 3.11. The van der Waals surface area contributed by atoms with Crippen molar-refractivity contribution in [3.05, 3.63) is 58.9 Å². The maximum atomic E-state index is 5.71. The summed E-state index contributed by atoms with van der Waals surface area (Å²) in [6.45, 7) is 0.709. The zero-order chi connectivity index (χ0) is 11.7. The Morgan fingerprint density at radius 1 is 1.24 bits per heavy atom. The van der Waals surface area contributed by atoms with Crippen molar-refractivity contribution in [1.82, 2.24) is 4.98 Å². The van der Waals surface area contributed by atoms with E-state index in [1.54, 1.807) is 12.3 Å². The van der Waals surface area contributed by atoms with Crippen LogP contribution in [0.3, 0.4) is 0 Å². The minimum absolute atomic E-state index is 0.492. The van der Waals surface area contributed by atoms with Crippen LogP contribution in [-0.2, 0) is 6.42 Å². The number of hydrogen-bond acceptors (Lipinski definition) is 2. The molecule has 1 heterocycles. The monoisotopic (exact) mass is 245 g/mol. The average Bonchev–Trinajstić information content (AvgIpc) is 2.33. The Labute approximate surface area is 105 Å². The highest BCUT2D eigenvalue weighted by Crippen LogP contribution is 2.34. The van der Waals surface area contributed by atoms with Crippen LogP contribution in [-0.4, -0.2) is 11.6 Å². The highest BCUT2D eigenvalue weighted by Gasteiger charge is 2.25. The van der Waals surface area contributed by atoms with Crippen LogP contribution in [0.1, 0.15) is 17.0 Å². The number of ether oxygens (including phenoxy) is 1. The van der Waals surface area contributed by atoms with Crippen molar-refractivity contribution in [2.45, 2.75) is 12.3 Å². The molecule has 0 saturated heterocycles. The van der Waals surface area contributed by atoms with Gasteiger partial charge in [0.1, 0.15) is 10.9 Å². The van der Waals surface area contributed by atoms with Gasteiger partial charge < -0.3 is 4.74 Å². The normalized spacial score (nSPS) is 17.1. The van der Waals surface area contributed by atoms with E-state index in [4.69, 9.17) is 16.3 Å². The smallest absolute Gasteiger partial charge is 0.137 e. The molecule has 2 aromatic rings. The number of rotatable bonds is 3. The van der Waals surface area contributed by atoms with E-state index in [2.05, 4.69) is 29.2 Å². The van der Waals surface area contributed by atoms with Gasteiger partial charge in [-0.05, 0) is 29.7 Å². The van der Waals surface area contributed by atoms with Gasteiger partial charge in [-0.1, -0.05) is 35.9 Å². The first-order valence-corrected chi connectivity index (χ1v) is 6.03. The third-order valence-corrected chi connectivity index (χ3v) is 3.34. The van der Waals surface area contributed by atoms with Crippen molar-refractivity contribution in [2.24, 2.45) is 0 Å². The van der Waals surface area contributed by atoms with Crippen LogP contribution in [0.25, 0.3) is 0 Å². The summed E-state index contributed by atoms with van der Waals surface area (Å²) in [5.74, 6) is 1.29. The maximum absolute atomic E-state index is 5.71. The fourth-order valence-corrected chi connectivity index (χ4v) is 2.27. The van der Waals surface area contributed by atoms with Crippen molar-refractivity contribution in [2.75, 3.05) is 6.61 Å². The summed E-state index contributed by atoms with van der Waals surface area (Å²) in [6, 6.07) is 12.1. The van der Waals surface area contributed by atoms with Gasteiger partial charge in [0.2, 0.25) is 0 Å². The lowest BCUT2D eigenvalue weighted by molar-refractivity contribution is 0.274. The fourth-order valence-electron chi connectivity index (χ4n) is 2.16. The van der Waals surface area contributed by atoms with Crippen LogP contribution >= 0.6 is 11.6 Å². The predicted octanol–water partition coefficient (Wildman–Crippen LogP) is 3.45. The van der Waals surface area contributed by atoms with E-state index in [1.165, 1.54) is 11.1 Å². The molecule has 0 aliphatic heterocycles. The molecule has 1 aliphatic rings. The topological polar surface area (TPSA) is 22.1 Å². The molecule has 3 heteroatoms. The second-order valence-electron chi connectivity index (χ2n) is 4.23. The number of fused-ring (bicyclic) bond motifs is 1. The molecule has 0 spiro atoms. The highest BCUT2D eigenvalue weighted by atomic mass is 35.5. The van der Waals surface area contributed by atoms with Gasteiger partial charge in [0.05, 0.1) is 12.8 Å². The molecular formula is C14H12ClNO. The molecule has 2 nitrogen and oxygen atoms in total. The van der Waals surface area contributed by atoms with Crippen LogP contribution in [0.15, 0.2) is 42.6 Å². The molecule has 0 amide bonds. The van der Waals surface area contributed by atoms with Crippen molar-refractivity contribution in [1.29, 1.82) is 0 Å². The largest absolute Gasteiger partial charge is 0.491 e. The third kappa shape index (κ3) is 2.13. The Kier molecular flexibility index (Phi) is 2.73. The lowest BCUT2D eigenvalue weighted by atomic mass is 9.78. The Bertz CT molecular complexity index is 524. The van der Waals surface area contributed by atoms with Crippen LogP contribution in [0.5, 0.6) is 5.75 Å². The van der Waals surface area contributed by atoms with Gasteiger partial charge in [0.15, 0.2) is 0 Å². The molecule has 17 heavy (non-hydrogen) atoms. The van der Waals surface area contributed by atoms with Crippen molar-refractivity contribution < 1.29 is 4.74 Å². The van der Waals surface area contributed by atoms with Crippen LogP contribution in [0, 0.1) is 0 Å². The van der Waals surface area contributed by atoms with Gasteiger partial charge in [0.25, 0.3) is 0 Å². The molecular weight excluding hydrogens is 234 g/mol. The second kappa shape index (κ2) is 4.38. The second-order valence-corrected chi connectivity index (χ2v) is 4.61. The summed E-state index contributed by atoms with van der Waals surface area (Å²) in [7, 11) is 0. The molecule has 3 rings (SSSR count). The minimum Gasteiger partial charge on any atom is -0.491 e. The van der Waals surface area contributed by atoms with Crippen LogP contribution in [0.2, 0.25) is 5.15 Å². The van der Waals surface area contributed by atoms with E-state index in [0.29, 0.717) is 17.7 Å². The molecule has 1 aromatic carbocycles. The first-order valence-electron chi connectivity index (χ1n) is 5.65. The summed E-state index contributed by atoms with van der Waals surface area (Å²) < 4.78 is 5.70. The first kappa shape index (κ1) is 10.6. The molecule has 1 unspecified atom stereocenters. The predicted molar refractivity (Wildman–Crippen MR) is 67.6 cm³/mol. The Morgan fingerprint density at radius 2 is 2.12 bits per heavy atom. The standard InChI is InChI=1S/C14H12ClNO/c15-14-6-5-12(8-16-14)17-9-11-7-10-3-1-2-4-13(10)11/h1-6,8,11H,7,9H2. The SMILES string of the molecule is Clc1ccc(OCC2Cc3ccccc32)cn1. The van der Waals surface area contributed by atoms with E-state index in [1.807, 2.05) is 6.07 Å².